The number of rotatable bonds is 2. The number of hydrogen-bond acceptors (Lipinski definition) is 3. The van der Waals surface area contributed by atoms with Crippen molar-refractivity contribution in [3.05, 3.63) is 35.9 Å². The lowest BCUT2D eigenvalue weighted by Crippen LogP contribution is -2.52. The zero-order chi connectivity index (χ0) is 13.1. The Labute approximate surface area is 114 Å². The van der Waals surface area contributed by atoms with Crippen molar-refractivity contribution < 1.29 is 9.53 Å². The van der Waals surface area contributed by atoms with Crippen molar-refractivity contribution in [3.8, 4) is 0 Å². The number of likely N-dealkylation sites (tertiary alicyclic amines) is 1. The van der Waals surface area contributed by atoms with Crippen molar-refractivity contribution in [2.45, 2.75) is 37.8 Å². The van der Waals surface area contributed by atoms with Crippen molar-refractivity contribution in [2.75, 3.05) is 19.7 Å². The van der Waals surface area contributed by atoms with Crippen LogP contribution in [-0.2, 0) is 16.1 Å². The molecule has 0 amide bonds. The van der Waals surface area contributed by atoms with E-state index in [0.29, 0.717) is 25.2 Å². The first-order chi connectivity index (χ1) is 9.26. The van der Waals surface area contributed by atoms with Crippen LogP contribution in [0.1, 0.15) is 31.2 Å². The monoisotopic (exact) mass is 259 g/mol. The summed E-state index contributed by atoms with van der Waals surface area (Å²) in [4.78, 5) is 14.1. The summed E-state index contributed by atoms with van der Waals surface area (Å²) in [6.07, 6.45) is 3.36. The first kappa shape index (κ1) is 12.8. The largest absolute Gasteiger partial charge is 0.373 e. The van der Waals surface area contributed by atoms with Crippen LogP contribution in [0.4, 0.5) is 0 Å². The molecule has 1 spiro atoms. The molecule has 102 valence electrons. The molecule has 0 N–H and O–H groups in total. The third-order valence-electron chi connectivity index (χ3n) is 4.18. The molecule has 1 atom stereocenters. The number of benzene rings is 1. The summed E-state index contributed by atoms with van der Waals surface area (Å²) in [6, 6.07) is 10.5. The fourth-order valence-corrected chi connectivity index (χ4v) is 3.31. The number of nitrogens with zero attached hydrogens (tertiary/aromatic N) is 1. The van der Waals surface area contributed by atoms with E-state index < -0.39 is 0 Å². The molecule has 19 heavy (non-hydrogen) atoms. The molecule has 0 saturated carbocycles. The predicted octanol–water partition coefficient (Wildman–Crippen LogP) is 2.40. The second kappa shape index (κ2) is 5.43. The third kappa shape index (κ3) is 3.04. The molecule has 1 aromatic carbocycles. The average Bonchev–Trinajstić information content (AvgIpc) is 2.39. The van der Waals surface area contributed by atoms with Gasteiger partial charge in [0.1, 0.15) is 5.78 Å². The lowest BCUT2D eigenvalue weighted by Gasteiger charge is -2.44. The Balaban J connectivity index is 1.66. The summed E-state index contributed by atoms with van der Waals surface area (Å²) in [5, 5.41) is 0. The molecule has 3 heteroatoms. The van der Waals surface area contributed by atoms with Gasteiger partial charge in [-0.3, -0.25) is 9.69 Å². The number of Topliss-reactive ketones (excluding diaryl/α,β-unsaturated/α-hetero) is 1. The fraction of sp³-hybridized carbons (Fsp3) is 0.562. The summed E-state index contributed by atoms with van der Waals surface area (Å²) in [6.45, 7) is 3.57. The van der Waals surface area contributed by atoms with Crippen molar-refractivity contribution in [2.24, 2.45) is 0 Å². The highest BCUT2D eigenvalue weighted by Gasteiger charge is 2.40. The summed E-state index contributed by atoms with van der Waals surface area (Å²) >= 11 is 0. The number of piperidine rings is 1. The zero-order valence-corrected chi connectivity index (χ0v) is 11.3. The summed E-state index contributed by atoms with van der Waals surface area (Å²) in [5.41, 5.74) is 1.14. The van der Waals surface area contributed by atoms with Gasteiger partial charge in [-0.05, 0) is 24.9 Å². The van der Waals surface area contributed by atoms with Crippen LogP contribution in [0, 0.1) is 0 Å². The van der Waals surface area contributed by atoms with Crippen molar-refractivity contribution in [1.82, 2.24) is 4.90 Å². The highest BCUT2D eigenvalue weighted by molar-refractivity contribution is 5.80. The smallest absolute Gasteiger partial charge is 0.138 e. The van der Waals surface area contributed by atoms with Crippen molar-refractivity contribution in [3.63, 3.8) is 0 Å². The van der Waals surface area contributed by atoms with E-state index in [2.05, 4.69) is 29.2 Å². The van der Waals surface area contributed by atoms with Gasteiger partial charge in [0.15, 0.2) is 0 Å². The standard InChI is InChI=1S/C16H21NO2/c18-15-7-10-19-16(11-15)8-4-9-17(13-16)12-14-5-2-1-3-6-14/h1-3,5-6H,4,7-13H2. The van der Waals surface area contributed by atoms with Crippen LogP contribution in [0.25, 0.3) is 0 Å². The normalized spacial score (nSPS) is 28.7. The van der Waals surface area contributed by atoms with Crippen molar-refractivity contribution >= 4 is 5.78 Å². The Kier molecular flexibility index (Phi) is 3.67. The van der Waals surface area contributed by atoms with Gasteiger partial charge >= 0.3 is 0 Å². The summed E-state index contributed by atoms with van der Waals surface area (Å²) in [7, 11) is 0. The predicted molar refractivity (Wildman–Crippen MR) is 73.9 cm³/mol. The maximum absolute atomic E-state index is 11.7. The quantitative estimate of drug-likeness (QED) is 0.817. The van der Waals surface area contributed by atoms with Crippen LogP contribution in [0.2, 0.25) is 0 Å². The van der Waals surface area contributed by atoms with E-state index in [-0.39, 0.29) is 5.60 Å². The molecular formula is C16H21NO2. The maximum Gasteiger partial charge on any atom is 0.138 e. The molecule has 2 aliphatic rings. The van der Waals surface area contributed by atoms with Gasteiger partial charge in [0.2, 0.25) is 0 Å². The molecule has 2 fully saturated rings. The number of carbonyl (C=O) groups excluding carboxylic acids is 1. The lowest BCUT2D eigenvalue weighted by molar-refractivity contribution is -0.149. The van der Waals surface area contributed by atoms with Crippen LogP contribution in [-0.4, -0.2) is 36.0 Å². The van der Waals surface area contributed by atoms with Gasteiger partial charge in [0.25, 0.3) is 0 Å². The summed E-state index contributed by atoms with van der Waals surface area (Å²) < 4.78 is 5.98. The number of hydrogen-bond donors (Lipinski definition) is 0. The Hall–Kier alpha value is -1.19. The van der Waals surface area contributed by atoms with Gasteiger partial charge < -0.3 is 4.74 Å². The highest BCUT2D eigenvalue weighted by atomic mass is 16.5. The molecule has 3 nitrogen and oxygen atoms in total. The van der Waals surface area contributed by atoms with E-state index >= 15 is 0 Å². The zero-order valence-electron chi connectivity index (χ0n) is 11.3. The molecule has 0 bridgehead atoms. The van der Waals surface area contributed by atoms with E-state index in [4.69, 9.17) is 4.74 Å². The Morgan fingerprint density at radius 1 is 1.26 bits per heavy atom. The minimum Gasteiger partial charge on any atom is -0.373 e. The molecule has 0 aromatic heterocycles. The SMILES string of the molecule is O=C1CCOC2(CCCN(Cc3ccccc3)C2)C1. The van der Waals surface area contributed by atoms with Gasteiger partial charge in [-0.1, -0.05) is 30.3 Å². The molecular weight excluding hydrogens is 238 g/mol. The second-order valence-corrected chi connectivity index (χ2v) is 5.80. The van der Waals surface area contributed by atoms with E-state index in [1.54, 1.807) is 0 Å². The van der Waals surface area contributed by atoms with Crippen LogP contribution in [0.3, 0.4) is 0 Å². The molecule has 0 radical (unpaired) electrons. The van der Waals surface area contributed by atoms with Gasteiger partial charge in [-0.2, -0.15) is 0 Å². The van der Waals surface area contributed by atoms with E-state index in [0.717, 1.165) is 32.5 Å². The highest BCUT2D eigenvalue weighted by Crippen LogP contribution is 2.32. The van der Waals surface area contributed by atoms with E-state index in [1.165, 1.54) is 5.56 Å². The Morgan fingerprint density at radius 3 is 2.89 bits per heavy atom. The number of carbonyl (C=O) groups is 1. The van der Waals surface area contributed by atoms with Crippen molar-refractivity contribution in [1.29, 1.82) is 0 Å². The minimum absolute atomic E-state index is 0.192. The molecule has 2 heterocycles. The van der Waals surface area contributed by atoms with Gasteiger partial charge in [-0.25, -0.2) is 0 Å². The number of ether oxygens (including phenoxy) is 1. The van der Waals surface area contributed by atoms with Crippen LogP contribution >= 0.6 is 0 Å². The Bertz CT molecular complexity index is 441. The summed E-state index contributed by atoms with van der Waals surface area (Å²) in [5.74, 6) is 0.368. The van der Waals surface area contributed by atoms with Gasteiger partial charge in [0.05, 0.1) is 12.2 Å². The molecule has 3 rings (SSSR count). The first-order valence-electron chi connectivity index (χ1n) is 7.18. The topological polar surface area (TPSA) is 29.5 Å². The lowest BCUT2D eigenvalue weighted by atomic mass is 9.85. The molecule has 2 saturated heterocycles. The van der Waals surface area contributed by atoms with E-state index in [9.17, 15) is 4.79 Å². The van der Waals surface area contributed by atoms with E-state index in [1.807, 2.05) is 6.07 Å². The first-order valence-corrected chi connectivity index (χ1v) is 7.18. The number of ketones is 1. The molecule has 1 aromatic rings. The van der Waals surface area contributed by atoms with Crippen LogP contribution < -0.4 is 0 Å². The fourth-order valence-electron chi connectivity index (χ4n) is 3.31. The molecule has 2 aliphatic heterocycles. The molecule has 0 aliphatic carbocycles. The maximum atomic E-state index is 11.7. The van der Waals surface area contributed by atoms with Crippen LogP contribution in [0.15, 0.2) is 30.3 Å². The average molecular weight is 259 g/mol. The van der Waals surface area contributed by atoms with Crippen LogP contribution in [0.5, 0.6) is 0 Å². The third-order valence-corrected chi connectivity index (χ3v) is 4.18. The van der Waals surface area contributed by atoms with Gasteiger partial charge in [0, 0.05) is 25.9 Å². The van der Waals surface area contributed by atoms with Gasteiger partial charge in [-0.15, -0.1) is 0 Å². The molecule has 1 unspecified atom stereocenters. The minimum atomic E-state index is -0.192. The Morgan fingerprint density at radius 2 is 2.11 bits per heavy atom. The second-order valence-electron chi connectivity index (χ2n) is 5.80.